The van der Waals surface area contributed by atoms with E-state index in [9.17, 15) is 9.18 Å². The summed E-state index contributed by atoms with van der Waals surface area (Å²) in [6.45, 7) is 0.569. The summed E-state index contributed by atoms with van der Waals surface area (Å²) in [6, 6.07) is 10.3. The van der Waals surface area contributed by atoms with Crippen LogP contribution >= 0.6 is 0 Å². The fourth-order valence-corrected chi connectivity index (χ4v) is 4.62. The number of carbonyl (C=O) groups excluding carboxylic acids is 1. The number of hydrogen-bond donors (Lipinski definition) is 2. The molecule has 6 rings (SSSR count). The van der Waals surface area contributed by atoms with Gasteiger partial charge in [-0.15, -0.1) is 0 Å². The second-order valence-electron chi connectivity index (χ2n) is 9.35. The van der Waals surface area contributed by atoms with Crippen molar-refractivity contribution in [2.75, 3.05) is 11.9 Å². The maximum Gasteiger partial charge on any atom is 0.251 e. The normalized spacial score (nSPS) is 22.1. The van der Waals surface area contributed by atoms with E-state index in [2.05, 4.69) is 20.6 Å². The molecule has 36 heavy (non-hydrogen) atoms. The summed E-state index contributed by atoms with van der Waals surface area (Å²) in [6.07, 6.45) is 10.8. The van der Waals surface area contributed by atoms with Gasteiger partial charge in [0.2, 0.25) is 0 Å². The van der Waals surface area contributed by atoms with Crippen LogP contribution in [0.15, 0.2) is 77.7 Å². The van der Waals surface area contributed by atoms with E-state index in [0.29, 0.717) is 59.9 Å². The summed E-state index contributed by atoms with van der Waals surface area (Å²) in [5.74, 6) is -0.460. The molecule has 1 amide bonds. The van der Waals surface area contributed by atoms with Gasteiger partial charge in [-0.05, 0) is 79.6 Å². The Bertz CT molecular complexity index is 1450. The van der Waals surface area contributed by atoms with Crippen LogP contribution in [0, 0.1) is 5.82 Å². The summed E-state index contributed by atoms with van der Waals surface area (Å²) in [5.41, 5.74) is 4.76. The average molecular weight is 486 g/mol. The van der Waals surface area contributed by atoms with Gasteiger partial charge in [-0.2, -0.15) is 0 Å². The summed E-state index contributed by atoms with van der Waals surface area (Å²) < 4.78 is 31.8. The highest BCUT2D eigenvalue weighted by Gasteiger charge is 2.26. The Kier molecular flexibility index (Phi) is 5.71. The van der Waals surface area contributed by atoms with Crippen molar-refractivity contribution in [1.29, 1.82) is 0 Å². The number of nitrogens with zero attached hydrogens (tertiary/aromatic N) is 3. The molecule has 0 saturated heterocycles. The minimum atomic E-state index is -0.509. The van der Waals surface area contributed by atoms with Crippen molar-refractivity contribution in [1.82, 2.24) is 14.9 Å². The number of amides is 1. The lowest BCUT2D eigenvalue weighted by Crippen LogP contribution is -2.31. The molecular weight excluding hydrogens is 460 g/mol. The summed E-state index contributed by atoms with van der Waals surface area (Å²) >= 11 is 0. The minimum absolute atomic E-state index is 0.0503. The summed E-state index contributed by atoms with van der Waals surface area (Å²) in [4.78, 5) is 21.0. The Labute approximate surface area is 207 Å². The van der Waals surface area contributed by atoms with Crippen molar-refractivity contribution in [2.45, 2.75) is 38.0 Å². The van der Waals surface area contributed by atoms with Crippen LogP contribution in [0.4, 0.5) is 14.5 Å². The highest BCUT2D eigenvalue weighted by molar-refractivity contribution is 6.02. The molecule has 3 aliphatic rings. The average Bonchev–Trinajstić information content (AvgIpc) is 3.61. The number of aliphatic imine (C=N–C) groups is 1. The molecule has 3 heterocycles. The first-order valence-corrected chi connectivity index (χ1v) is 12.2. The second-order valence-corrected chi connectivity index (χ2v) is 9.35. The van der Waals surface area contributed by atoms with Crippen LogP contribution in [0.2, 0.25) is 0 Å². The molecule has 2 N–H and O–H groups in total. The van der Waals surface area contributed by atoms with Gasteiger partial charge >= 0.3 is 0 Å². The van der Waals surface area contributed by atoms with Crippen molar-refractivity contribution in [3.05, 3.63) is 101 Å². The first-order chi connectivity index (χ1) is 17.5. The zero-order valence-electron chi connectivity index (χ0n) is 19.6. The zero-order valence-corrected chi connectivity index (χ0v) is 19.6. The van der Waals surface area contributed by atoms with E-state index >= 15 is 4.39 Å². The van der Waals surface area contributed by atoms with E-state index in [-0.39, 0.29) is 17.5 Å². The van der Waals surface area contributed by atoms with Gasteiger partial charge in [0, 0.05) is 29.9 Å². The molecule has 3 aromatic rings. The first-order valence-electron chi connectivity index (χ1n) is 12.2. The van der Waals surface area contributed by atoms with E-state index in [1.807, 2.05) is 18.3 Å². The number of fused-ring (bicyclic) bond motifs is 1. The molecule has 1 saturated carbocycles. The number of aromatic nitrogens is 2. The van der Waals surface area contributed by atoms with Gasteiger partial charge in [0.05, 0.1) is 23.4 Å². The Morgan fingerprint density at radius 2 is 1.97 bits per heavy atom. The van der Waals surface area contributed by atoms with Crippen molar-refractivity contribution in [3.63, 3.8) is 0 Å². The van der Waals surface area contributed by atoms with Gasteiger partial charge in [0.1, 0.15) is 5.82 Å². The number of rotatable bonds is 5. The molecule has 8 heteroatoms. The maximum absolute atomic E-state index is 15.2. The molecule has 1 fully saturated rings. The third-order valence-corrected chi connectivity index (χ3v) is 6.73. The first kappa shape index (κ1) is 22.4. The molecule has 0 radical (unpaired) electrons. The molecule has 0 atom stereocenters. The molecule has 0 spiro atoms. The number of benzene rings is 2. The molecule has 1 aliphatic carbocycles. The Morgan fingerprint density at radius 1 is 1.08 bits per heavy atom. The Balaban J connectivity index is 1.29. The number of imidazole rings is 1. The fraction of sp³-hybridized carbons (Fsp3) is 0.250. The standard InChI is InChI=1S/C28H25F2N5O/c29-22-3-1-2-4-24(34-27(22)33-20-8-9-21-18(13-20)11-12-31-28(21)36)19-7-10-26(23(30)14-19)35-15-25(32-16-35)17-5-6-17/h1,3,7-10,13-17,33H,2,4-6,11-12H2,(H,31,36)/b3-1-,27-22+,34-24+. The van der Waals surface area contributed by atoms with E-state index in [1.165, 1.54) is 12.1 Å². The lowest BCUT2D eigenvalue weighted by atomic mass is 10.00. The third kappa shape index (κ3) is 4.46. The van der Waals surface area contributed by atoms with Crippen molar-refractivity contribution in [2.24, 2.45) is 4.99 Å². The number of halogens is 2. The van der Waals surface area contributed by atoms with Gasteiger partial charge in [0.15, 0.2) is 11.6 Å². The van der Waals surface area contributed by atoms with Crippen molar-refractivity contribution < 1.29 is 13.6 Å². The second kappa shape index (κ2) is 9.18. The van der Waals surface area contributed by atoms with E-state index in [0.717, 1.165) is 24.1 Å². The van der Waals surface area contributed by atoms with Crippen molar-refractivity contribution >= 4 is 17.3 Å². The van der Waals surface area contributed by atoms with Crippen LogP contribution in [0.3, 0.4) is 0 Å². The number of carbonyl (C=O) groups is 1. The lowest BCUT2D eigenvalue weighted by molar-refractivity contribution is 0.0946. The molecule has 182 valence electrons. The van der Waals surface area contributed by atoms with E-state index < -0.39 is 5.83 Å². The van der Waals surface area contributed by atoms with Crippen LogP contribution in [0.1, 0.15) is 58.8 Å². The zero-order chi connectivity index (χ0) is 24.6. The highest BCUT2D eigenvalue weighted by Crippen LogP contribution is 2.39. The molecule has 0 unspecified atom stereocenters. The Morgan fingerprint density at radius 3 is 2.81 bits per heavy atom. The van der Waals surface area contributed by atoms with Crippen LogP contribution in [-0.4, -0.2) is 27.7 Å². The number of hydrogen-bond acceptors (Lipinski definition) is 4. The van der Waals surface area contributed by atoms with Crippen LogP contribution in [0.25, 0.3) is 5.69 Å². The lowest BCUT2D eigenvalue weighted by Gasteiger charge is -2.18. The maximum atomic E-state index is 15.2. The van der Waals surface area contributed by atoms with E-state index in [4.69, 9.17) is 0 Å². The predicted molar refractivity (Wildman–Crippen MR) is 135 cm³/mol. The smallest absolute Gasteiger partial charge is 0.251 e. The van der Waals surface area contributed by atoms with Gasteiger partial charge in [0.25, 0.3) is 5.91 Å². The van der Waals surface area contributed by atoms with Crippen LogP contribution in [-0.2, 0) is 6.42 Å². The van der Waals surface area contributed by atoms with Gasteiger partial charge in [-0.25, -0.2) is 18.8 Å². The molecule has 6 nitrogen and oxygen atoms in total. The summed E-state index contributed by atoms with van der Waals surface area (Å²) in [7, 11) is 0. The van der Waals surface area contributed by atoms with Crippen molar-refractivity contribution in [3.8, 4) is 5.69 Å². The molecule has 1 aromatic heterocycles. The SMILES string of the molecule is O=C1NCCc2cc(NC3=C(F)/C=C\CC/C(c4ccc(-n5cnc(C6CC6)c5)c(F)c4)=N\3)ccc21. The van der Waals surface area contributed by atoms with Gasteiger partial charge < -0.3 is 15.2 Å². The minimum Gasteiger partial charge on any atom is -0.352 e. The summed E-state index contributed by atoms with van der Waals surface area (Å²) in [5, 5.41) is 5.88. The number of nitrogens with one attached hydrogen (secondary N) is 2. The number of allylic oxidation sites excluding steroid dienone is 3. The molecule has 2 aliphatic heterocycles. The molecule has 0 bridgehead atoms. The molecular formula is C28H25F2N5O. The quantitative estimate of drug-likeness (QED) is 0.497. The Hall–Kier alpha value is -4.07. The van der Waals surface area contributed by atoms with E-state index in [1.54, 1.807) is 35.2 Å². The van der Waals surface area contributed by atoms with Crippen LogP contribution in [0.5, 0.6) is 0 Å². The number of anilines is 1. The third-order valence-electron chi connectivity index (χ3n) is 6.73. The van der Waals surface area contributed by atoms with Gasteiger partial charge in [-0.3, -0.25) is 4.79 Å². The topological polar surface area (TPSA) is 71.3 Å². The largest absolute Gasteiger partial charge is 0.352 e. The highest BCUT2D eigenvalue weighted by atomic mass is 19.1. The predicted octanol–water partition coefficient (Wildman–Crippen LogP) is 5.56. The van der Waals surface area contributed by atoms with Crippen LogP contribution < -0.4 is 10.6 Å². The van der Waals surface area contributed by atoms with Gasteiger partial charge in [-0.1, -0.05) is 12.1 Å². The fourth-order valence-electron chi connectivity index (χ4n) is 4.62. The molecule has 2 aromatic carbocycles. The monoisotopic (exact) mass is 485 g/mol.